The van der Waals surface area contributed by atoms with Gasteiger partial charge in [0.15, 0.2) is 0 Å². The molecule has 2 unspecified atom stereocenters. The van der Waals surface area contributed by atoms with Crippen molar-refractivity contribution in [2.75, 3.05) is 39.6 Å². The molecule has 0 fully saturated rings. The molecule has 0 amide bonds. The second-order valence-corrected chi connectivity index (χ2v) is 5.47. The molecule has 0 aliphatic heterocycles. The van der Waals surface area contributed by atoms with E-state index in [9.17, 15) is 9.59 Å². The SMILES string of the molecule is C=C(C)C(=O)OC(C)OCCOCCOCCOC(C)OC(=O)C(=C)C. The molecule has 0 aliphatic rings. The molecule has 8 heteroatoms. The summed E-state index contributed by atoms with van der Waals surface area (Å²) in [5.74, 6) is -0.976. The lowest BCUT2D eigenvalue weighted by Gasteiger charge is -2.14. The third-order valence-electron chi connectivity index (χ3n) is 2.78. The van der Waals surface area contributed by atoms with E-state index >= 15 is 0 Å². The predicted octanol–water partition coefficient (Wildman–Crippen LogP) is 1.98. The molecule has 0 saturated heterocycles. The molecule has 0 aromatic carbocycles. The highest BCUT2D eigenvalue weighted by atomic mass is 16.7. The Morgan fingerprint density at radius 2 is 1.00 bits per heavy atom. The van der Waals surface area contributed by atoms with Gasteiger partial charge in [-0.3, -0.25) is 0 Å². The van der Waals surface area contributed by atoms with Crippen molar-refractivity contribution >= 4 is 11.9 Å². The number of rotatable bonds is 15. The minimum atomic E-state index is -0.655. The zero-order valence-corrected chi connectivity index (χ0v) is 16.1. The standard InChI is InChI=1S/C18H30O8/c1-13(2)17(19)25-15(5)23-11-9-21-7-8-22-10-12-24-16(6)26-18(20)14(3)4/h15-16H,1,3,7-12H2,2,4-6H3. The largest absolute Gasteiger partial charge is 0.433 e. The van der Waals surface area contributed by atoms with Crippen LogP contribution in [0.5, 0.6) is 0 Å². The Balaban J connectivity index is 3.44. The highest BCUT2D eigenvalue weighted by Crippen LogP contribution is 2.00. The highest BCUT2D eigenvalue weighted by Gasteiger charge is 2.10. The summed E-state index contributed by atoms with van der Waals surface area (Å²) >= 11 is 0. The number of esters is 2. The van der Waals surface area contributed by atoms with Crippen LogP contribution in [0.2, 0.25) is 0 Å². The molecule has 2 atom stereocenters. The Morgan fingerprint density at radius 3 is 1.31 bits per heavy atom. The predicted molar refractivity (Wildman–Crippen MR) is 94.3 cm³/mol. The van der Waals surface area contributed by atoms with Crippen LogP contribution in [0.3, 0.4) is 0 Å². The zero-order chi connectivity index (χ0) is 19.9. The van der Waals surface area contributed by atoms with Crippen molar-refractivity contribution in [2.24, 2.45) is 0 Å². The Labute approximate surface area is 155 Å². The van der Waals surface area contributed by atoms with E-state index in [1.54, 1.807) is 27.7 Å². The van der Waals surface area contributed by atoms with Gasteiger partial charge < -0.3 is 28.4 Å². The summed E-state index contributed by atoms with van der Waals surface area (Å²) in [6.07, 6.45) is -1.31. The summed E-state index contributed by atoms with van der Waals surface area (Å²) in [4.78, 5) is 22.5. The quantitative estimate of drug-likeness (QED) is 0.186. The molecule has 0 aliphatic carbocycles. The van der Waals surface area contributed by atoms with Crippen LogP contribution in [0.15, 0.2) is 24.3 Å². The van der Waals surface area contributed by atoms with E-state index in [1.807, 2.05) is 0 Å². The topological polar surface area (TPSA) is 89.5 Å². The fraction of sp³-hybridized carbons (Fsp3) is 0.667. The van der Waals surface area contributed by atoms with E-state index in [-0.39, 0.29) is 0 Å². The van der Waals surface area contributed by atoms with Gasteiger partial charge in [-0.2, -0.15) is 0 Å². The third-order valence-corrected chi connectivity index (χ3v) is 2.78. The molecule has 0 heterocycles. The summed E-state index contributed by atoms with van der Waals surface area (Å²) in [6, 6.07) is 0. The van der Waals surface area contributed by atoms with E-state index in [4.69, 9.17) is 28.4 Å². The highest BCUT2D eigenvalue weighted by molar-refractivity contribution is 5.87. The van der Waals surface area contributed by atoms with Crippen molar-refractivity contribution in [1.82, 2.24) is 0 Å². The van der Waals surface area contributed by atoms with Gasteiger partial charge in [0.05, 0.1) is 39.6 Å². The van der Waals surface area contributed by atoms with Gasteiger partial charge in [0.2, 0.25) is 12.6 Å². The molecular weight excluding hydrogens is 344 g/mol. The lowest BCUT2D eigenvalue weighted by Crippen LogP contribution is -2.21. The van der Waals surface area contributed by atoms with E-state index < -0.39 is 24.5 Å². The second kappa shape index (κ2) is 14.4. The lowest BCUT2D eigenvalue weighted by molar-refractivity contribution is -0.174. The molecule has 0 aromatic heterocycles. The van der Waals surface area contributed by atoms with Crippen LogP contribution in [0.25, 0.3) is 0 Å². The first kappa shape index (κ1) is 24.3. The van der Waals surface area contributed by atoms with Crippen LogP contribution in [-0.2, 0) is 38.0 Å². The van der Waals surface area contributed by atoms with Crippen LogP contribution in [0, 0.1) is 0 Å². The summed E-state index contributed by atoms with van der Waals surface area (Å²) < 4.78 is 31.1. The van der Waals surface area contributed by atoms with Gasteiger partial charge in [-0.1, -0.05) is 13.2 Å². The van der Waals surface area contributed by atoms with Gasteiger partial charge in [0.25, 0.3) is 0 Å². The number of hydrogen-bond donors (Lipinski definition) is 0. The van der Waals surface area contributed by atoms with Crippen LogP contribution >= 0.6 is 0 Å². The average Bonchev–Trinajstić information content (AvgIpc) is 2.56. The summed E-state index contributed by atoms with van der Waals surface area (Å²) in [5.41, 5.74) is 0.641. The monoisotopic (exact) mass is 374 g/mol. The molecule has 0 radical (unpaired) electrons. The van der Waals surface area contributed by atoms with Crippen molar-refractivity contribution in [2.45, 2.75) is 40.3 Å². The Kier molecular flexibility index (Phi) is 13.5. The number of carbonyl (C=O) groups is 2. The molecule has 0 aromatic rings. The molecular formula is C18H30O8. The molecule has 150 valence electrons. The molecule has 0 saturated carbocycles. The summed E-state index contributed by atoms with van der Waals surface area (Å²) in [5, 5.41) is 0. The van der Waals surface area contributed by atoms with Crippen LogP contribution in [0.1, 0.15) is 27.7 Å². The number of hydrogen-bond acceptors (Lipinski definition) is 8. The molecule has 26 heavy (non-hydrogen) atoms. The van der Waals surface area contributed by atoms with Gasteiger partial charge in [-0.05, 0) is 27.7 Å². The van der Waals surface area contributed by atoms with Gasteiger partial charge in [0, 0.05) is 11.1 Å². The van der Waals surface area contributed by atoms with E-state index in [2.05, 4.69) is 13.2 Å². The smallest absolute Gasteiger partial charge is 0.335 e. The zero-order valence-electron chi connectivity index (χ0n) is 16.1. The molecule has 8 nitrogen and oxygen atoms in total. The van der Waals surface area contributed by atoms with Crippen molar-refractivity contribution in [1.29, 1.82) is 0 Å². The van der Waals surface area contributed by atoms with Crippen molar-refractivity contribution in [3.8, 4) is 0 Å². The first-order valence-electron chi connectivity index (χ1n) is 8.35. The molecule has 0 rings (SSSR count). The third kappa shape index (κ3) is 13.5. The number of carbonyl (C=O) groups excluding carboxylic acids is 2. The van der Waals surface area contributed by atoms with Gasteiger partial charge in [-0.15, -0.1) is 0 Å². The van der Waals surface area contributed by atoms with Crippen molar-refractivity contribution in [3.05, 3.63) is 24.3 Å². The van der Waals surface area contributed by atoms with E-state index in [0.717, 1.165) is 0 Å². The van der Waals surface area contributed by atoms with E-state index in [1.165, 1.54) is 0 Å². The van der Waals surface area contributed by atoms with Gasteiger partial charge in [0.1, 0.15) is 0 Å². The van der Waals surface area contributed by atoms with Crippen LogP contribution in [-0.4, -0.2) is 64.2 Å². The van der Waals surface area contributed by atoms with E-state index in [0.29, 0.717) is 50.8 Å². The van der Waals surface area contributed by atoms with Crippen molar-refractivity contribution < 1.29 is 38.0 Å². The van der Waals surface area contributed by atoms with Crippen LogP contribution < -0.4 is 0 Å². The second-order valence-electron chi connectivity index (χ2n) is 5.47. The van der Waals surface area contributed by atoms with Gasteiger partial charge in [-0.25, -0.2) is 9.59 Å². The maximum atomic E-state index is 11.2. The molecule has 0 bridgehead atoms. The normalized spacial score (nSPS) is 12.9. The fourth-order valence-corrected chi connectivity index (χ4v) is 1.44. The maximum Gasteiger partial charge on any atom is 0.335 e. The van der Waals surface area contributed by atoms with Gasteiger partial charge >= 0.3 is 11.9 Å². The molecule has 0 spiro atoms. The first-order valence-corrected chi connectivity index (χ1v) is 8.35. The summed E-state index contributed by atoms with van der Waals surface area (Å²) in [6.45, 7) is 15.4. The van der Waals surface area contributed by atoms with Crippen molar-refractivity contribution in [3.63, 3.8) is 0 Å². The maximum absolute atomic E-state index is 11.2. The minimum absolute atomic E-state index is 0.291. The van der Waals surface area contributed by atoms with Crippen LogP contribution in [0.4, 0.5) is 0 Å². The molecule has 0 N–H and O–H groups in total. The first-order chi connectivity index (χ1) is 12.2. The lowest BCUT2D eigenvalue weighted by atomic mass is 10.4. The Hall–Kier alpha value is -1.74. The minimum Gasteiger partial charge on any atom is -0.433 e. The fourth-order valence-electron chi connectivity index (χ4n) is 1.44. The Morgan fingerprint density at radius 1 is 0.692 bits per heavy atom. The Bertz CT molecular complexity index is 418. The summed E-state index contributed by atoms with van der Waals surface area (Å²) in [7, 11) is 0. The number of ether oxygens (including phenoxy) is 6. The average molecular weight is 374 g/mol.